The Balaban J connectivity index is 1.41. The van der Waals surface area contributed by atoms with E-state index >= 15 is 0 Å². The monoisotopic (exact) mass is 413 g/mol. The van der Waals surface area contributed by atoms with E-state index in [9.17, 15) is 9.59 Å². The number of aromatic nitrogens is 2. The number of rotatable bonds is 6. The maximum Gasteiger partial charge on any atom is 0.261 e. The number of para-hydroxylation sites is 2. The number of carbonyl (C=O) groups excluding carboxylic acids is 1. The van der Waals surface area contributed by atoms with Crippen molar-refractivity contribution in [2.24, 2.45) is 0 Å². The van der Waals surface area contributed by atoms with Crippen molar-refractivity contribution < 1.29 is 9.53 Å². The number of aryl methyl sites for hydroxylation is 2. The van der Waals surface area contributed by atoms with Gasteiger partial charge in [-0.25, -0.2) is 4.98 Å². The average molecular weight is 413 g/mol. The Labute approximate surface area is 180 Å². The zero-order chi connectivity index (χ0) is 21.8. The van der Waals surface area contributed by atoms with Gasteiger partial charge in [0.05, 0.1) is 17.2 Å². The molecule has 6 heteroatoms. The summed E-state index contributed by atoms with van der Waals surface area (Å²) in [5, 5.41) is 0.567. The first-order chi connectivity index (χ1) is 15.0. The lowest BCUT2D eigenvalue weighted by molar-refractivity contribution is -0.118. The van der Waals surface area contributed by atoms with Crippen LogP contribution in [0.25, 0.3) is 10.9 Å². The van der Waals surface area contributed by atoms with Crippen molar-refractivity contribution in [1.29, 1.82) is 0 Å². The molecule has 1 amide bonds. The quantitative estimate of drug-likeness (QED) is 0.465. The summed E-state index contributed by atoms with van der Waals surface area (Å²) in [6.07, 6.45) is 1.71. The van der Waals surface area contributed by atoms with Gasteiger partial charge >= 0.3 is 0 Å². The van der Waals surface area contributed by atoms with E-state index in [1.54, 1.807) is 18.0 Å². The number of fused-ring (bicyclic) bond motifs is 1. The van der Waals surface area contributed by atoms with Crippen LogP contribution in [0.15, 0.2) is 83.9 Å². The van der Waals surface area contributed by atoms with E-state index in [1.807, 2.05) is 73.7 Å². The number of nitrogens with zero attached hydrogens (tertiary/aromatic N) is 3. The first-order valence-corrected chi connectivity index (χ1v) is 10.1. The first-order valence-electron chi connectivity index (χ1n) is 10.1. The zero-order valence-electron chi connectivity index (χ0n) is 17.5. The largest absolute Gasteiger partial charge is 0.457 e. The van der Waals surface area contributed by atoms with Crippen molar-refractivity contribution in [3.05, 3.63) is 95.0 Å². The Morgan fingerprint density at radius 1 is 0.968 bits per heavy atom. The van der Waals surface area contributed by atoms with E-state index in [4.69, 9.17) is 4.74 Å². The van der Waals surface area contributed by atoms with Crippen molar-refractivity contribution in [1.82, 2.24) is 9.55 Å². The molecule has 0 aliphatic rings. The van der Waals surface area contributed by atoms with Crippen LogP contribution in [0.2, 0.25) is 0 Å². The van der Waals surface area contributed by atoms with Crippen LogP contribution >= 0.6 is 0 Å². The molecule has 0 aliphatic carbocycles. The minimum atomic E-state index is -0.133. The van der Waals surface area contributed by atoms with E-state index in [0.29, 0.717) is 16.7 Å². The number of amides is 1. The Bertz CT molecular complexity index is 1260. The van der Waals surface area contributed by atoms with Crippen LogP contribution in [0.1, 0.15) is 12.0 Å². The molecular formula is C25H23N3O3. The van der Waals surface area contributed by atoms with E-state index in [2.05, 4.69) is 4.98 Å². The SMILES string of the molecule is Cc1cccc2c(=O)n(CCC(=O)N(C)c3ccc(Oc4ccccc4)cc3)cnc12. The van der Waals surface area contributed by atoms with Crippen LogP contribution in [0.3, 0.4) is 0 Å². The molecule has 0 saturated carbocycles. The van der Waals surface area contributed by atoms with Gasteiger partial charge in [0.15, 0.2) is 0 Å². The van der Waals surface area contributed by atoms with Crippen molar-refractivity contribution in [3.63, 3.8) is 0 Å². The van der Waals surface area contributed by atoms with Gasteiger partial charge in [-0.2, -0.15) is 0 Å². The fourth-order valence-corrected chi connectivity index (χ4v) is 3.39. The average Bonchev–Trinajstić information content (AvgIpc) is 2.80. The lowest BCUT2D eigenvalue weighted by Gasteiger charge is -2.18. The van der Waals surface area contributed by atoms with E-state index in [-0.39, 0.29) is 24.4 Å². The summed E-state index contributed by atoms with van der Waals surface area (Å²) >= 11 is 0. The molecule has 0 saturated heterocycles. The normalized spacial score (nSPS) is 10.8. The van der Waals surface area contributed by atoms with Crippen LogP contribution in [0, 0.1) is 6.92 Å². The molecule has 0 fully saturated rings. The fourth-order valence-electron chi connectivity index (χ4n) is 3.39. The summed E-state index contributed by atoms with van der Waals surface area (Å²) < 4.78 is 7.28. The highest BCUT2D eigenvalue weighted by atomic mass is 16.5. The highest BCUT2D eigenvalue weighted by molar-refractivity contribution is 5.92. The number of carbonyl (C=O) groups is 1. The number of ether oxygens (including phenoxy) is 1. The zero-order valence-corrected chi connectivity index (χ0v) is 17.5. The molecule has 0 radical (unpaired) electrons. The molecule has 6 nitrogen and oxygen atoms in total. The van der Waals surface area contributed by atoms with Gasteiger partial charge < -0.3 is 9.64 Å². The highest BCUT2D eigenvalue weighted by Gasteiger charge is 2.13. The van der Waals surface area contributed by atoms with Gasteiger partial charge in [0.2, 0.25) is 5.91 Å². The summed E-state index contributed by atoms with van der Waals surface area (Å²) in [5.41, 5.74) is 2.28. The minimum absolute atomic E-state index is 0.0898. The van der Waals surface area contributed by atoms with Gasteiger partial charge in [0, 0.05) is 25.7 Å². The molecule has 0 spiro atoms. The van der Waals surface area contributed by atoms with Gasteiger partial charge in [0.1, 0.15) is 11.5 Å². The molecule has 4 rings (SSSR count). The van der Waals surface area contributed by atoms with Crippen molar-refractivity contribution in [2.45, 2.75) is 19.9 Å². The fraction of sp³-hybridized carbons (Fsp3) is 0.160. The summed E-state index contributed by atoms with van der Waals surface area (Å²) in [4.78, 5) is 31.4. The summed E-state index contributed by atoms with van der Waals surface area (Å²) in [6, 6.07) is 22.4. The summed E-state index contributed by atoms with van der Waals surface area (Å²) in [6.45, 7) is 2.20. The number of anilines is 1. The minimum Gasteiger partial charge on any atom is -0.457 e. The first kappa shape index (κ1) is 20.3. The molecule has 31 heavy (non-hydrogen) atoms. The predicted octanol–water partition coefficient (Wildman–Crippen LogP) is 4.55. The molecular weight excluding hydrogens is 390 g/mol. The van der Waals surface area contributed by atoms with E-state index in [1.165, 1.54) is 10.9 Å². The number of hydrogen-bond donors (Lipinski definition) is 0. The van der Waals surface area contributed by atoms with Crippen LogP contribution in [0.5, 0.6) is 11.5 Å². The van der Waals surface area contributed by atoms with Crippen molar-refractivity contribution >= 4 is 22.5 Å². The Hall–Kier alpha value is -3.93. The molecule has 0 bridgehead atoms. The number of hydrogen-bond acceptors (Lipinski definition) is 4. The molecule has 3 aromatic carbocycles. The number of benzene rings is 3. The van der Waals surface area contributed by atoms with Gasteiger partial charge in [-0.3, -0.25) is 14.2 Å². The third-order valence-electron chi connectivity index (χ3n) is 5.20. The second-order valence-corrected chi connectivity index (χ2v) is 7.33. The molecule has 0 aliphatic heterocycles. The Kier molecular flexibility index (Phi) is 5.80. The van der Waals surface area contributed by atoms with Crippen LogP contribution in [0.4, 0.5) is 5.69 Å². The molecule has 0 atom stereocenters. The lowest BCUT2D eigenvalue weighted by Crippen LogP contribution is -2.29. The Morgan fingerprint density at radius 2 is 1.68 bits per heavy atom. The van der Waals surface area contributed by atoms with Gasteiger partial charge in [-0.15, -0.1) is 0 Å². The second kappa shape index (κ2) is 8.83. The third kappa shape index (κ3) is 4.48. The molecule has 156 valence electrons. The standard InChI is InChI=1S/C25H23N3O3/c1-18-7-6-10-22-24(18)26-17-28(25(22)30)16-15-23(29)27(2)19-11-13-21(14-12-19)31-20-8-4-3-5-9-20/h3-14,17H,15-16H2,1-2H3. The predicted molar refractivity (Wildman–Crippen MR) is 122 cm³/mol. The maximum absolute atomic E-state index is 12.7. The van der Waals surface area contributed by atoms with Gasteiger partial charge in [-0.1, -0.05) is 30.3 Å². The molecule has 0 N–H and O–H groups in total. The van der Waals surface area contributed by atoms with Crippen LogP contribution in [-0.4, -0.2) is 22.5 Å². The van der Waals surface area contributed by atoms with E-state index < -0.39 is 0 Å². The van der Waals surface area contributed by atoms with Crippen LogP contribution in [-0.2, 0) is 11.3 Å². The molecule has 0 unspecified atom stereocenters. The van der Waals surface area contributed by atoms with E-state index in [0.717, 1.165) is 17.0 Å². The highest BCUT2D eigenvalue weighted by Crippen LogP contribution is 2.24. The maximum atomic E-state index is 12.7. The van der Waals surface area contributed by atoms with Crippen molar-refractivity contribution in [2.75, 3.05) is 11.9 Å². The lowest BCUT2D eigenvalue weighted by atomic mass is 10.1. The topological polar surface area (TPSA) is 64.4 Å². The molecule has 1 heterocycles. The Morgan fingerprint density at radius 3 is 2.42 bits per heavy atom. The summed E-state index contributed by atoms with van der Waals surface area (Å²) in [7, 11) is 1.72. The van der Waals surface area contributed by atoms with Crippen molar-refractivity contribution in [3.8, 4) is 11.5 Å². The van der Waals surface area contributed by atoms with Gasteiger partial charge in [-0.05, 0) is 55.0 Å². The summed E-state index contributed by atoms with van der Waals surface area (Å²) in [5.74, 6) is 1.36. The van der Waals surface area contributed by atoms with Gasteiger partial charge in [0.25, 0.3) is 5.56 Å². The van der Waals surface area contributed by atoms with Crippen LogP contribution < -0.4 is 15.2 Å². The third-order valence-corrected chi connectivity index (χ3v) is 5.20. The second-order valence-electron chi connectivity index (χ2n) is 7.33. The molecule has 1 aromatic heterocycles. The smallest absolute Gasteiger partial charge is 0.261 e. The molecule has 4 aromatic rings.